The van der Waals surface area contributed by atoms with Crippen molar-refractivity contribution < 1.29 is 4.74 Å². The molecule has 0 aromatic carbocycles. The summed E-state index contributed by atoms with van der Waals surface area (Å²) in [6, 6.07) is 0. The predicted molar refractivity (Wildman–Crippen MR) is 66.6 cm³/mol. The summed E-state index contributed by atoms with van der Waals surface area (Å²) in [5, 5.41) is 3.49. The van der Waals surface area contributed by atoms with Crippen LogP contribution in [-0.2, 0) is 4.74 Å². The minimum absolute atomic E-state index is 0.504. The van der Waals surface area contributed by atoms with Crippen LogP contribution in [0.4, 0.5) is 0 Å². The molecular formula is C13H26N2O. The van der Waals surface area contributed by atoms with Gasteiger partial charge in [0.15, 0.2) is 0 Å². The maximum Gasteiger partial charge on any atom is 0.0702 e. The molecule has 2 heterocycles. The molecule has 0 radical (unpaired) electrons. The summed E-state index contributed by atoms with van der Waals surface area (Å²) in [6.45, 7) is 11.5. The third-order valence-electron chi connectivity index (χ3n) is 4.10. The predicted octanol–water partition coefficient (Wildman–Crippen LogP) is 1.34. The molecule has 0 aliphatic carbocycles. The Morgan fingerprint density at radius 1 is 1.31 bits per heavy atom. The number of ether oxygens (including phenoxy) is 1. The van der Waals surface area contributed by atoms with Gasteiger partial charge >= 0.3 is 0 Å². The monoisotopic (exact) mass is 226 g/mol. The Morgan fingerprint density at radius 3 is 2.75 bits per heavy atom. The third-order valence-corrected chi connectivity index (χ3v) is 4.10. The lowest BCUT2D eigenvalue weighted by Gasteiger charge is -2.27. The van der Waals surface area contributed by atoms with Crippen molar-refractivity contribution in [3.63, 3.8) is 0 Å². The van der Waals surface area contributed by atoms with Gasteiger partial charge in [-0.25, -0.2) is 0 Å². The number of rotatable bonds is 5. The van der Waals surface area contributed by atoms with E-state index < -0.39 is 0 Å². The van der Waals surface area contributed by atoms with E-state index in [0.717, 1.165) is 31.5 Å². The van der Waals surface area contributed by atoms with Crippen molar-refractivity contribution in [3.8, 4) is 0 Å². The first-order valence-electron chi connectivity index (χ1n) is 6.84. The lowest BCUT2D eigenvalue weighted by Crippen LogP contribution is -2.37. The zero-order valence-electron chi connectivity index (χ0n) is 10.7. The average molecular weight is 226 g/mol. The van der Waals surface area contributed by atoms with Crippen LogP contribution in [0.25, 0.3) is 0 Å². The zero-order chi connectivity index (χ0) is 11.4. The molecule has 3 heteroatoms. The van der Waals surface area contributed by atoms with Crippen LogP contribution in [0.1, 0.15) is 26.7 Å². The van der Waals surface area contributed by atoms with E-state index in [1.165, 1.54) is 32.5 Å². The smallest absolute Gasteiger partial charge is 0.0702 e. The molecule has 1 N–H and O–H groups in total. The van der Waals surface area contributed by atoms with Gasteiger partial charge in [0.1, 0.15) is 0 Å². The highest BCUT2D eigenvalue weighted by atomic mass is 16.5. The first-order chi connectivity index (χ1) is 7.79. The molecule has 0 bridgehead atoms. The molecule has 3 atom stereocenters. The van der Waals surface area contributed by atoms with Crippen LogP contribution in [0.2, 0.25) is 0 Å². The van der Waals surface area contributed by atoms with E-state index >= 15 is 0 Å². The molecular weight excluding hydrogens is 200 g/mol. The van der Waals surface area contributed by atoms with E-state index in [-0.39, 0.29) is 0 Å². The molecule has 94 valence electrons. The minimum Gasteiger partial charge on any atom is -0.377 e. The second kappa shape index (κ2) is 5.99. The van der Waals surface area contributed by atoms with E-state index in [9.17, 15) is 0 Å². The molecule has 2 rings (SSSR count). The summed E-state index contributed by atoms with van der Waals surface area (Å²) in [6.07, 6.45) is 3.02. The lowest BCUT2D eigenvalue weighted by atomic mass is 9.97. The van der Waals surface area contributed by atoms with Gasteiger partial charge in [-0.2, -0.15) is 0 Å². The fraction of sp³-hybridized carbons (Fsp3) is 1.00. The Hall–Kier alpha value is -0.120. The molecule has 3 nitrogen and oxygen atoms in total. The normalized spacial score (nSPS) is 35.1. The highest BCUT2D eigenvalue weighted by Crippen LogP contribution is 2.19. The molecule has 0 aromatic heterocycles. The maximum atomic E-state index is 5.72. The molecule has 0 spiro atoms. The van der Waals surface area contributed by atoms with Crippen LogP contribution in [-0.4, -0.2) is 50.3 Å². The van der Waals surface area contributed by atoms with E-state index in [4.69, 9.17) is 4.74 Å². The second-order valence-corrected chi connectivity index (χ2v) is 5.38. The quantitative estimate of drug-likeness (QED) is 0.766. The van der Waals surface area contributed by atoms with Crippen molar-refractivity contribution in [2.45, 2.75) is 32.8 Å². The fourth-order valence-corrected chi connectivity index (χ4v) is 2.85. The summed E-state index contributed by atoms with van der Waals surface area (Å²) in [4.78, 5) is 2.57. The van der Waals surface area contributed by atoms with Gasteiger partial charge in [-0.1, -0.05) is 13.8 Å². The first kappa shape index (κ1) is 12.3. The standard InChI is InChI=1S/C13H26N2O/c1-3-15(10-13-5-4-6-16-13)9-12-8-14-7-11(12)2/h11-14H,3-10H2,1-2H3. The topological polar surface area (TPSA) is 24.5 Å². The Balaban J connectivity index is 1.75. The second-order valence-electron chi connectivity index (χ2n) is 5.38. The highest BCUT2D eigenvalue weighted by molar-refractivity contribution is 4.81. The lowest BCUT2D eigenvalue weighted by molar-refractivity contribution is 0.0683. The van der Waals surface area contributed by atoms with E-state index in [1.807, 2.05) is 0 Å². The average Bonchev–Trinajstić information content (AvgIpc) is 2.90. The Labute approximate surface area is 99.5 Å². The number of nitrogens with one attached hydrogen (secondary N) is 1. The van der Waals surface area contributed by atoms with Crippen LogP contribution in [0.15, 0.2) is 0 Å². The Bertz CT molecular complexity index is 204. The SMILES string of the molecule is CCN(CC1CCCO1)CC1CNCC1C. The zero-order valence-corrected chi connectivity index (χ0v) is 10.7. The largest absolute Gasteiger partial charge is 0.377 e. The fourth-order valence-electron chi connectivity index (χ4n) is 2.85. The molecule has 2 aliphatic heterocycles. The van der Waals surface area contributed by atoms with Gasteiger partial charge in [0.25, 0.3) is 0 Å². The van der Waals surface area contributed by atoms with E-state index in [0.29, 0.717) is 6.10 Å². The molecule has 3 unspecified atom stereocenters. The summed E-state index contributed by atoms with van der Waals surface area (Å²) in [5.74, 6) is 1.67. The third kappa shape index (κ3) is 3.19. The van der Waals surface area contributed by atoms with Crippen LogP contribution in [0, 0.1) is 11.8 Å². The van der Waals surface area contributed by atoms with Crippen molar-refractivity contribution in [2.24, 2.45) is 11.8 Å². The number of hydrogen-bond donors (Lipinski definition) is 1. The van der Waals surface area contributed by atoms with Crippen LogP contribution >= 0.6 is 0 Å². The van der Waals surface area contributed by atoms with Crippen LogP contribution < -0.4 is 5.32 Å². The molecule has 2 aliphatic rings. The van der Waals surface area contributed by atoms with Crippen molar-refractivity contribution in [1.82, 2.24) is 10.2 Å². The molecule has 2 fully saturated rings. The summed E-state index contributed by atoms with van der Waals surface area (Å²) < 4.78 is 5.72. The Kier molecular flexibility index (Phi) is 4.62. The van der Waals surface area contributed by atoms with E-state index in [1.54, 1.807) is 0 Å². The van der Waals surface area contributed by atoms with Crippen LogP contribution in [0.5, 0.6) is 0 Å². The number of nitrogens with zero attached hydrogens (tertiary/aromatic N) is 1. The van der Waals surface area contributed by atoms with Gasteiger partial charge in [-0.3, -0.25) is 0 Å². The molecule has 0 aromatic rings. The minimum atomic E-state index is 0.504. The van der Waals surface area contributed by atoms with Crippen molar-refractivity contribution >= 4 is 0 Å². The molecule has 16 heavy (non-hydrogen) atoms. The number of likely N-dealkylation sites (N-methyl/N-ethyl adjacent to an activating group) is 1. The maximum absolute atomic E-state index is 5.72. The summed E-state index contributed by atoms with van der Waals surface area (Å²) in [7, 11) is 0. The van der Waals surface area contributed by atoms with E-state index in [2.05, 4.69) is 24.1 Å². The Morgan fingerprint density at radius 2 is 2.19 bits per heavy atom. The van der Waals surface area contributed by atoms with Crippen molar-refractivity contribution in [2.75, 3.05) is 39.3 Å². The number of hydrogen-bond acceptors (Lipinski definition) is 3. The first-order valence-corrected chi connectivity index (χ1v) is 6.84. The highest BCUT2D eigenvalue weighted by Gasteiger charge is 2.26. The summed E-state index contributed by atoms with van der Waals surface area (Å²) >= 11 is 0. The summed E-state index contributed by atoms with van der Waals surface area (Å²) in [5.41, 5.74) is 0. The van der Waals surface area contributed by atoms with Gasteiger partial charge in [-0.15, -0.1) is 0 Å². The van der Waals surface area contributed by atoms with Gasteiger partial charge < -0.3 is 15.0 Å². The molecule has 0 amide bonds. The van der Waals surface area contributed by atoms with Gasteiger partial charge in [0.2, 0.25) is 0 Å². The van der Waals surface area contributed by atoms with Gasteiger partial charge in [0, 0.05) is 19.7 Å². The molecule has 0 saturated carbocycles. The molecule has 2 saturated heterocycles. The van der Waals surface area contributed by atoms with Gasteiger partial charge in [0.05, 0.1) is 6.10 Å². The van der Waals surface area contributed by atoms with Gasteiger partial charge in [-0.05, 0) is 44.3 Å². The van der Waals surface area contributed by atoms with Crippen molar-refractivity contribution in [3.05, 3.63) is 0 Å². The van der Waals surface area contributed by atoms with Crippen molar-refractivity contribution in [1.29, 1.82) is 0 Å². The van der Waals surface area contributed by atoms with Crippen LogP contribution in [0.3, 0.4) is 0 Å².